The second-order valence-corrected chi connectivity index (χ2v) is 7.28. The molecule has 148 valence electrons. The van der Waals surface area contributed by atoms with E-state index in [2.05, 4.69) is 15.5 Å². The number of carbonyl (C=O) groups excluding carboxylic acids is 2. The lowest BCUT2D eigenvalue weighted by molar-refractivity contribution is -0.117. The molecule has 0 unspecified atom stereocenters. The van der Waals surface area contributed by atoms with Crippen LogP contribution in [0.1, 0.15) is 27.9 Å². The lowest BCUT2D eigenvalue weighted by Gasteiger charge is -2.13. The number of amides is 2. The topological polar surface area (TPSA) is 61.4 Å². The summed E-state index contributed by atoms with van der Waals surface area (Å²) >= 11 is 5.92. The first-order valence-corrected chi connectivity index (χ1v) is 9.51. The van der Waals surface area contributed by atoms with Crippen LogP contribution in [0.3, 0.4) is 0 Å². The van der Waals surface area contributed by atoms with Crippen LogP contribution < -0.4 is 10.6 Å². The Morgan fingerprint density at radius 1 is 1.04 bits per heavy atom. The normalized spacial score (nSPS) is 11.4. The molecule has 0 saturated heterocycles. The van der Waals surface area contributed by atoms with Gasteiger partial charge in [0.05, 0.1) is 0 Å². The van der Waals surface area contributed by atoms with Crippen molar-refractivity contribution in [3.05, 3.63) is 75.9 Å². The van der Waals surface area contributed by atoms with Gasteiger partial charge in [0.2, 0.25) is 0 Å². The average molecular weight is 400 g/mol. The van der Waals surface area contributed by atoms with Gasteiger partial charge in [0.25, 0.3) is 11.8 Å². The van der Waals surface area contributed by atoms with Gasteiger partial charge in [-0.25, -0.2) is 0 Å². The highest BCUT2D eigenvalue weighted by molar-refractivity contribution is 6.30. The molecule has 0 fully saturated rings. The number of carbonyl (C=O) groups is 2. The van der Waals surface area contributed by atoms with Gasteiger partial charge in [-0.3, -0.25) is 9.59 Å². The van der Waals surface area contributed by atoms with E-state index < -0.39 is 0 Å². The maximum atomic E-state index is 12.6. The molecule has 0 aromatic heterocycles. The van der Waals surface area contributed by atoms with Gasteiger partial charge in [-0.1, -0.05) is 41.4 Å². The maximum Gasteiger partial charge on any atom is 0.267 e. The molecule has 0 aliphatic heterocycles. The minimum absolute atomic E-state index is 0.192. The smallest absolute Gasteiger partial charge is 0.267 e. The minimum Gasteiger partial charge on any atom is -0.351 e. The summed E-state index contributed by atoms with van der Waals surface area (Å²) in [6.07, 6.45) is 2.46. The monoisotopic (exact) mass is 399 g/mol. The molecule has 5 nitrogen and oxygen atoms in total. The summed E-state index contributed by atoms with van der Waals surface area (Å²) in [6, 6.07) is 14.2. The Bertz CT molecular complexity index is 828. The van der Waals surface area contributed by atoms with Crippen LogP contribution in [0.25, 0.3) is 6.08 Å². The molecule has 2 rings (SSSR count). The first kappa shape index (κ1) is 21.7. The van der Waals surface area contributed by atoms with Crippen molar-refractivity contribution in [3.8, 4) is 0 Å². The second kappa shape index (κ2) is 10.6. The number of hydrogen-bond acceptors (Lipinski definition) is 3. The van der Waals surface area contributed by atoms with Crippen molar-refractivity contribution in [2.24, 2.45) is 0 Å². The first-order valence-electron chi connectivity index (χ1n) is 9.13. The van der Waals surface area contributed by atoms with Crippen molar-refractivity contribution in [2.75, 3.05) is 27.2 Å². The molecule has 0 aliphatic carbocycles. The third-order valence-electron chi connectivity index (χ3n) is 4.06. The Kier molecular flexibility index (Phi) is 8.23. The van der Waals surface area contributed by atoms with Crippen molar-refractivity contribution in [2.45, 2.75) is 13.3 Å². The number of halogens is 1. The molecular weight excluding hydrogens is 374 g/mol. The predicted molar refractivity (Wildman–Crippen MR) is 114 cm³/mol. The van der Waals surface area contributed by atoms with Crippen molar-refractivity contribution in [3.63, 3.8) is 0 Å². The van der Waals surface area contributed by atoms with Gasteiger partial charge in [-0.05, 0) is 69.9 Å². The second-order valence-electron chi connectivity index (χ2n) is 6.84. The van der Waals surface area contributed by atoms with E-state index in [1.165, 1.54) is 0 Å². The number of aryl methyl sites for hydroxylation is 1. The SMILES string of the molecule is Cc1ccc(C(=O)NC(=Cc2ccc(Cl)cc2)C(=O)NCCCN(C)C)cc1. The van der Waals surface area contributed by atoms with E-state index in [1.807, 2.05) is 33.2 Å². The predicted octanol–water partition coefficient (Wildman–Crippen LogP) is 3.49. The highest BCUT2D eigenvalue weighted by atomic mass is 35.5. The fourth-order valence-electron chi connectivity index (χ4n) is 2.48. The Morgan fingerprint density at radius 3 is 2.29 bits per heavy atom. The highest BCUT2D eigenvalue weighted by Crippen LogP contribution is 2.13. The third-order valence-corrected chi connectivity index (χ3v) is 4.31. The molecular formula is C22H26ClN3O2. The molecule has 2 N–H and O–H groups in total. The summed E-state index contributed by atoms with van der Waals surface area (Å²) in [7, 11) is 3.96. The summed E-state index contributed by atoms with van der Waals surface area (Å²) in [5.74, 6) is -0.655. The molecule has 2 amide bonds. The van der Waals surface area contributed by atoms with E-state index in [-0.39, 0.29) is 17.5 Å². The summed E-state index contributed by atoms with van der Waals surface area (Å²) in [6.45, 7) is 3.34. The van der Waals surface area contributed by atoms with Crippen molar-refractivity contribution in [1.82, 2.24) is 15.5 Å². The van der Waals surface area contributed by atoms with Gasteiger partial charge in [0.1, 0.15) is 5.70 Å². The zero-order valence-electron chi connectivity index (χ0n) is 16.5. The van der Waals surface area contributed by atoms with Crippen LogP contribution in [0, 0.1) is 6.92 Å². The summed E-state index contributed by atoms with van der Waals surface area (Å²) in [5, 5.41) is 6.20. The Hall–Kier alpha value is -2.63. The molecule has 0 radical (unpaired) electrons. The van der Waals surface area contributed by atoms with Gasteiger partial charge < -0.3 is 15.5 Å². The molecule has 0 aliphatic rings. The fourth-order valence-corrected chi connectivity index (χ4v) is 2.60. The zero-order chi connectivity index (χ0) is 20.5. The molecule has 2 aromatic carbocycles. The van der Waals surface area contributed by atoms with Crippen LogP contribution in [0.15, 0.2) is 54.2 Å². The lowest BCUT2D eigenvalue weighted by Crippen LogP contribution is -2.36. The number of hydrogen-bond donors (Lipinski definition) is 2. The quantitative estimate of drug-likeness (QED) is 0.527. The van der Waals surface area contributed by atoms with Crippen LogP contribution in [-0.2, 0) is 4.79 Å². The van der Waals surface area contributed by atoms with Gasteiger partial charge in [-0.2, -0.15) is 0 Å². The third kappa shape index (κ3) is 7.18. The average Bonchev–Trinajstić information content (AvgIpc) is 2.66. The van der Waals surface area contributed by atoms with E-state index in [0.29, 0.717) is 17.1 Å². The zero-order valence-corrected chi connectivity index (χ0v) is 17.2. The van der Waals surface area contributed by atoms with Crippen molar-refractivity contribution >= 4 is 29.5 Å². The molecule has 2 aromatic rings. The first-order chi connectivity index (χ1) is 13.3. The molecule has 0 spiro atoms. The van der Waals surface area contributed by atoms with E-state index in [4.69, 9.17) is 11.6 Å². The Morgan fingerprint density at radius 2 is 1.68 bits per heavy atom. The van der Waals surface area contributed by atoms with Crippen molar-refractivity contribution < 1.29 is 9.59 Å². The van der Waals surface area contributed by atoms with Gasteiger partial charge in [0, 0.05) is 17.1 Å². The van der Waals surface area contributed by atoms with Crippen LogP contribution in [0.4, 0.5) is 0 Å². The number of benzene rings is 2. The molecule has 0 bridgehead atoms. The molecule has 6 heteroatoms. The number of rotatable bonds is 8. The Labute approximate surface area is 171 Å². The van der Waals surface area contributed by atoms with E-state index in [0.717, 1.165) is 24.1 Å². The van der Waals surface area contributed by atoms with Crippen molar-refractivity contribution in [1.29, 1.82) is 0 Å². The van der Waals surface area contributed by atoms with Crippen LogP contribution in [-0.4, -0.2) is 43.9 Å². The standard InChI is InChI=1S/C22H26ClN3O2/c1-16-5-9-18(10-6-16)21(27)25-20(15-17-7-11-19(23)12-8-17)22(28)24-13-4-14-26(2)3/h5-12,15H,4,13-14H2,1-3H3,(H,24,28)(H,25,27). The summed E-state index contributed by atoms with van der Waals surface area (Å²) in [4.78, 5) is 27.3. The number of nitrogens with zero attached hydrogens (tertiary/aromatic N) is 1. The van der Waals surface area contributed by atoms with Gasteiger partial charge in [-0.15, -0.1) is 0 Å². The van der Waals surface area contributed by atoms with Crippen LogP contribution in [0.2, 0.25) is 5.02 Å². The molecule has 0 saturated carbocycles. The molecule has 28 heavy (non-hydrogen) atoms. The summed E-state index contributed by atoms with van der Waals surface area (Å²) < 4.78 is 0. The number of nitrogens with one attached hydrogen (secondary N) is 2. The Balaban J connectivity index is 2.15. The van der Waals surface area contributed by atoms with Crippen LogP contribution in [0.5, 0.6) is 0 Å². The maximum absolute atomic E-state index is 12.6. The van der Waals surface area contributed by atoms with E-state index in [1.54, 1.807) is 42.5 Å². The van der Waals surface area contributed by atoms with Gasteiger partial charge in [0.15, 0.2) is 0 Å². The summed E-state index contributed by atoms with van der Waals surface area (Å²) in [5.41, 5.74) is 2.52. The van der Waals surface area contributed by atoms with Crippen LogP contribution >= 0.6 is 11.6 Å². The minimum atomic E-state index is -0.330. The fraction of sp³-hybridized carbons (Fsp3) is 0.273. The van der Waals surface area contributed by atoms with E-state index >= 15 is 0 Å². The molecule has 0 heterocycles. The highest BCUT2D eigenvalue weighted by Gasteiger charge is 2.14. The van der Waals surface area contributed by atoms with Gasteiger partial charge >= 0.3 is 0 Å². The van der Waals surface area contributed by atoms with E-state index in [9.17, 15) is 9.59 Å². The largest absolute Gasteiger partial charge is 0.351 e. The molecule has 0 atom stereocenters. The lowest BCUT2D eigenvalue weighted by atomic mass is 10.1.